The number of rotatable bonds is 6. The summed E-state index contributed by atoms with van der Waals surface area (Å²) in [5.41, 5.74) is 0. The highest BCUT2D eigenvalue weighted by Crippen LogP contribution is 1.97. The number of hydrogen-bond donors (Lipinski definition) is 1. The Kier molecular flexibility index (Phi) is 6.76. The molecule has 72 valence electrons. The molecule has 0 aromatic rings. The second-order valence-electron chi connectivity index (χ2n) is 2.97. The Morgan fingerprint density at radius 3 is 2.58 bits per heavy atom. The van der Waals surface area contributed by atoms with Crippen molar-refractivity contribution in [3.8, 4) is 0 Å². The molecule has 0 spiro atoms. The monoisotopic (exact) mass is 172 g/mol. The molecular weight excluding hydrogens is 152 g/mol. The van der Waals surface area contributed by atoms with Crippen LogP contribution >= 0.6 is 0 Å². The van der Waals surface area contributed by atoms with Gasteiger partial charge in [0.1, 0.15) is 0 Å². The van der Waals surface area contributed by atoms with E-state index in [9.17, 15) is 4.79 Å². The maximum Gasteiger partial charge on any atom is 0.222 e. The van der Waals surface area contributed by atoms with Crippen LogP contribution in [0.25, 0.3) is 0 Å². The molecule has 0 saturated carbocycles. The van der Waals surface area contributed by atoms with Gasteiger partial charge in [-0.1, -0.05) is 0 Å². The van der Waals surface area contributed by atoms with Crippen molar-refractivity contribution in [2.45, 2.75) is 26.2 Å². The third kappa shape index (κ3) is 5.13. The Morgan fingerprint density at radius 2 is 2.08 bits per heavy atom. The van der Waals surface area contributed by atoms with E-state index in [4.69, 9.17) is 0 Å². The van der Waals surface area contributed by atoms with Gasteiger partial charge >= 0.3 is 0 Å². The molecule has 3 nitrogen and oxygen atoms in total. The molecule has 1 amide bonds. The molecule has 0 aliphatic rings. The molecule has 0 aromatic heterocycles. The van der Waals surface area contributed by atoms with Crippen molar-refractivity contribution in [2.75, 3.05) is 27.2 Å². The first-order valence-corrected chi connectivity index (χ1v) is 4.61. The molecule has 0 aliphatic carbocycles. The van der Waals surface area contributed by atoms with Crippen LogP contribution in [0.15, 0.2) is 0 Å². The van der Waals surface area contributed by atoms with Crippen LogP contribution in [-0.4, -0.2) is 38.0 Å². The lowest BCUT2D eigenvalue weighted by atomic mass is 10.2. The molecule has 0 radical (unpaired) electrons. The summed E-state index contributed by atoms with van der Waals surface area (Å²) in [6.07, 6.45) is 2.76. The van der Waals surface area contributed by atoms with Gasteiger partial charge in [-0.05, 0) is 33.4 Å². The lowest BCUT2D eigenvalue weighted by Crippen LogP contribution is -2.26. The average Bonchev–Trinajstić information content (AvgIpc) is 2.10. The predicted octanol–water partition coefficient (Wildman–Crippen LogP) is 0.854. The van der Waals surface area contributed by atoms with Crippen LogP contribution in [-0.2, 0) is 4.79 Å². The molecule has 0 aliphatic heterocycles. The van der Waals surface area contributed by atoms with Crippen LogP contribution in [0.3, 0.4) is 0 Å². The Morgan fingerprint density at radius 1 is 1.42 bits per heavy atom. The van der Waals surface area contributed by atoms with Gasteiger partial charge in [-0.2, -0.15) is 0 Å². The molecule has 1 N–H and O–H groups in total. The largest absolute Gasteiger partial charge is 0.346 e. The van der Waals surface area contributed by atoms with Crippen LogP contribution in [0.2, 0.25) is 0 Å². The second-order valence-corrected chi connectivity index (χ2v) is 2.97. The molecule has 0 heterocycles. The highest BCUT2D eigenvalue weighted by Gasteiger charge is 2.04. The molecule has 0 saturated heterocycles. The second kappa shape index (κ2) is 7.10. The molecule has 0 unspecified atom stereocenters. The summed E-state index contributed by atoms with van der Waals surface area (Å²) in [5.74, 6) is 0.258. The van der Waals surface area contributed by atoms with E-state index in [1.807, 2.05) is 21.0 Å². The zero-order chi connectivity index (χ0) is 9.40. The van der Waals surface area contributed by atoms with Gasteiger partial charge in [-0.15, -0.1) is 0 Å². The number of hydrogen-bond acceptors (Lipinski definition) is 2. The van der Waals surface area contributed by atoms with E-state index in [0.29, 0.717) is 6.42 Å². The van der Waals surface area contributed by atoms with Crippen molar-refractivity contribution < 1.29 is 4.79 Å². The molecule has 0 fully saturated rings. The average molecular weight is 172 g/mol. The van der Waals surface area contributed by atoms with E-state index < -0.39 is 0 Å². The van der Waals surface area contributed by atoms with Crippen molar-refractivity contribution in [1.29, 1.82) is 0 Å². The maximum atomic E-state index is 11.2. The Hall–Kier alpha value is -0.570. The highest BCUT2D eigenvalue weighted by atomic mass is 16.2. The quantitative estimate of drug-likeness (QED) is 0.603. The molecule has 3 heteroatoms. The van der Waals surface area contributed by atoms with Crippen molar-refractivity contribution >= 4 is 5.91 Å². The van der Waals surface area contributed by atoms with Gasteiger partial charge in [0.15, 0.2) is 0 Å². The molecule has 0 aromatic carbocycles. The van der Waals surface area contributed by atoms with Crippen molar-refractivity contribution in [3.05, 3.63) is 0 Å². The summed E-state index contributed by atoms with van der Waals surface area (Å²) in [5, 5.41) is 3.06. The third-order valence-electron chi connectivity index (χ3n) is 1.97. The van der Waals surface area contributed by atoms with Gasteiger partial charge in [0, 0.05) is 20.0 Å². The van der Waals surface area contributed by atoms with Crippen LogP contribution < -0.4 is 5.32 Å². The topological polar surface area (TPSA) is 32.3 Å². The van der Waals surface area contributed by atoms with Crippen molar-refractivity contribution in [2.24, 2.45) is 0 Å². The number of carbonyl (C=O) groups excluding carboxylic acids is 1. The Bertz CT molecular complexity index is 126. The lowest BCUT2D eigenvalue weighted by Gasteiger charge is -2.13. The summed E-state index contributed by atoms with van der Waals surface area (Å²) >= 11 is 0. The summed E-state index contributed by atoms with van der Waals surface area (Å²) in [6, 6.07) is 0. The standard InChI is InChI=1S/C9H20N2O/c1-4-11(3)9(12)7-5-6-8-10-2/h10H,4-8H2,1-3H3. The number of nitrogens with one attached hydrogen (secondary N) is 1. The lowest BCUT2D eigenvalue weighted by molar-refractivity contribution is -0.129. The van der Waals surface area contributed by atoms with E-state index in [2.05, 4.69) is 5.32 Å². The van der Waals surface area contributed by atoms with E-state index >= 15 is 0 Å². The number of nitrogens with zero attached hydrogens (tertiary/aromatic N) is 1. The highest BCUT2D eigenvalue weighted by molar-refractivity contribution is 5.75. The first-order chi connectivity index (χ1) is 5.72. The van der Waals surface area contributed by atoms with Gasteiger partial charge in [-0.3, -0.25) is 4.79 Å². The zero-order valence-electron chi connectivity index (χ0n) is 8.39. The van der Waals surface area contributed by atoms with Gasteiger partial charge in [0.05, 0.1) is 0 Å². The van der Waals surface area contributed by atoms with Crippen LogP contribution in [0.5, 0.6) is 0 Å². The summed E-state index contributed by atoms with van der Waals surface area (Å²) in [7, 11) is 3.78. The fraction of sp³-hybridized carbons (Fsp3) is 0.889. The number of amides is 1. The fourth-order valence-corrected chi connectivity index (χ4v) is 0.945. The Labute approximate surface area is 75.1 Å². The zero-order valence-corrected chi connectivity index (χ0v) is 8.39. The van der Waals surface area contributed by atoms with Gasteiger partial charge in [-0.25, -0.2) is 0 Å². The molecule has 0 bridgehead atoms. The SMILES string of the molecule is CCN(C)C(=O)CCCCNC. The fourth-order valence-electron chi connectivity index (χ4n) is 0.945. The predicted molar refractivity (Wildman–Crippen MR) is 51.1 cm³/mol. The first-order valence-electron chi connectivity index (χ1n) is 4.61. The van der Waals surface area contributed by atoms with Crippen molar-refractivity contribution in [3.63, 3.8) is 0 Å². The van der Waals surface area contributed by atoms with E-state index in [1.165, 1.54) is 0 Å². The molecule has 0 rings (SSSR count). The summed E-state index contributed by atoms with van der Waals surface area (Å²) < 4.78 is 0. The van der Waals surface area contributed by atoms with Gasteiger partial charge in [0.25, 0.3) is 0 Å². The number of carbonyl (C=O) groups is 1. The first kappa shape index (κ1) is 11.4. The van der Waals surface area contributed by atoms with Crippen molar-refractivity contribution in [1.82, 2.24) is 10.2 Å². The minimum Gasteiger partial charge on any atom is -0.346 e. The van der Waals surface area contributed by atoms with E-state index in [0.717, 1.165) is 25.9 Å². The van der Waals surface area contributed by atoms with Crippen LogP contribution in [0.1, 0.15) is 26.2 Å². The van der Waals surface area contributed by atoms with Gasteiger partial charge < -0.3 is 10.2 Å². The van der Waals surface area contributed by atoms with Crippen LogP contribution in [0.4, 0.5) is 0 Å². The Balaban J connectivity index is 3.31. The van der Waals surface area contributed by atoms with E-state index in [1.54, 1.807) is 4.90 Å². The normalized spacial score (nSPS) is 9.92. The maximum absolute atomic E-state index is 11.2. The van der Waals surface area contributed by atoms with E-state index in [-0.39, 0.29) is 5.91 Å². The number of unbranched alkanes of at least 4 members (excludes halogenated alkanes) is 1. The molecule has 12 heavy (non-hydrogen) atoms. The minimum atomic E-state index is 0.258. The molecular formula is C9H20N2O. The third-order valence-corrected chi connectivity index (χ3v) is 1.97. The summed E-state index contributed by atoms with van der Waals surface area (Å²) in [4.78, 5) is 13.0. The van der Waals surface area contributed by atoms with Crippen LogP contribution in [0, 0.1) is 0 Å². The summed E-state index contributed by atoms with van der Waals surface area (Å²) in [6.45, 7) is 3.81. The smallest absolute Gasteiger partial charge is 0.222 e. The minimum absolute atomic E-state index is 0.258. The van der Waals surface area contributed by atoms with Gasteiger partial charge in [0.2, 0.25) is 5.91 Å². The molecule has 0 atom stereocenters.